The van der Waals surface area contributed by atoms with Crippen molar-refractivity contribution in [3.8, 4) is 0 Å². The van der Waals surface area contributed by atoms with E-state index in [-0.39, 0.29) is 0 Å². The molecule has 1 aromatic carbocycles. The minimum atomic E-state index is 0.296. The molecule has 24 heavy (non-hydrogen) atoms. The number of unbranched alkanes of at least 4 members (excludes halogenated alkanes) is 3. The van der Waals surface area contributed by atoms with Crippen LogP contribution < -0.4 is 10.9 Å². The van der Waals surface area contributed by atoms with E-state index in [1.165, 1.54) is 57.8 Å². The fourth-order valence-electron chi connectivity index (χ4n) is 2.89. The zero-order valence-corrected chi connectivity index (χ0v) is 17.2. The number of hydrazine groups is 1. The molecule has 0 aliphatic rings. The molecule has 1 rings (SSSR count). The molecule has 0 heterocycles. The van der Waals surface area contributed by atoms with Crippen molar-refractivity contribution in [3.63, 3.8) is 0 Å². The summed E-state index contributed by atoms with van der Waals surface area (Å²) in [6.45, 7) is 6.84. The fourth-order valence-corrected chi connectivity index (χ4v) is 4.71. The Hall–Kier alpha value is -0.740. The Kier molecular flexibility index (Phi) is 11.2. The van der Waals surface area contributed by atoms with E-state index < -0.39 is 0 Å². The van der Waals surface area contributed by atoms with Crippen LogP contribution in [0.15, 0.2) is 30.3 Å². The molecule has 0 unspecified atom stereocenters. The molecule has 0 aliphatic heterocycles. The third kappa shape index (κ3) is 8.39. The van der Waals surface area contributed by atoms with Crippen LogP contribution in [0.4, 0.5) is 5.69 Å². The number of thiocarbonyl (C=S) groups is 1. The number of para-hydroxylation sites is 1. The topological polar surface area (TPSA) is 24.1 Å². The van der Waals surface area contributed by atoms with Crippen LogP contribution in [0.2, 0.25) is 0 Å². The van der Waals surface area contributed by atoms with Crippen molar-refractivity contribution in [1.82, 2.24) is 5.43 Å². The first-order valence-corrected chi connectivity index (χ1v) is 10.7. The second kappa shape index (κ2) is 12.6. The third-order valence-corrected chi connectivity index (χ3v) is 6.03. The van der Waals surface area contributed by atoms with Gasteiger partial charge in [0.2, 0.25) is 0 Å². The summed E-state index contributed by atoms with van der Waals surface area (Å²) >= 11 is 7.53. The van der Waals surface area contributed by atoms with Crippen LogP contribution >= 0.6 is 24.0 Å². The largest absolute Gasteiger partial charge is 0.300 e. The molecule has 0 amide bonds. The minimum absolute atomic E-state index is 0.296. The molecule has 0 bridgehead atoms. The standard InChI is InChI=1S/C20H34N2S2/c1-4-7-15-20(16-8-5-2,17-9-6-3)24-19(23)22-21-18-13-11-10-12-14-18/h10-14,21H,4-9,15-17H2,1-3H3,(H,22,23). The summed E-state index contributed by atoms with van der Waals surface area (Å²) in [4.78, 5) is 0. The molecule has 1 aromatic rings. The summed E-state index contributed by atoms with van der Waals surface area (Å²) in [7, 11) is 0. The van der Waals surface area contributed by atoms with Crippen LogP contribution in [0, 0.1) is 0 Å². The van der Waals surface area contributed by atoms with Gasteiger partial charge in [-0.1, -0.05) is 101 Å². The van der Waals surface area contributed by atoms with Crippen molar-refractivity contribution in [2.75, 3.05) is 5.43 Å². The Morgan fingerprint density at radius 3 is 1.88 bits per heavy atom. The van der Waals surface area contributed by atoms with Gasteiger partial charge in [0, 0.05) is 4.75 Å². The van der Waals surface area contributed by atoms with Gasteiger partial charge in [0.15, 0.2) is 4.32 Å². The van der Waals surface area contributed by atoms with Crippen molar-refractivity contribution in [2.24, 2.45) is 0 Å². The lowest BCUT2D eigenvalue weighted by molar-refractivity contribution is 0.427. The Balaban J connectivity index is 2.66. The number of nitrogens with one attached hydrogen (secondary N) is 2. The fraction of sp³-hybridized carbons (Fsp3) is 0.650. The maximum atomic E-state index is 5.64. The van der Waals surface area contributed by atoms with Crippen LogP contribution in [0.1, 0.15) is 78.6 Å². The first-order chi connectivity index (χ1) is 11.7. The third-order valence-electron chi connectivity index (χ3n) is 4.35. The van der Waals surface area contributed by atoms with E-state index in [0.717, 1.165) is 10.0 Å². The van der Waals surface area contributed by atoms with Crippen LogP contribution in [-0.4, -0.2) is 9.07 Å². The maximum absolute atomic E-state index is 5.64. The average Bonchev–Trinajstić information content (AvgIpc) is 2.62. The van der Waals surface area contributed by atoms with E-state index in [2.05, 4.69) is 31.6 Å². The molecular weight excluding hydrogens is 332 g/mol. The van der Waals surface area contributed by atoms with Crippen LogP contribution in [0.3, 0.4) is 0 Å². The lowest BCUT2D eigenvalue weighted by Crippen LogP contribution is -2.33. The normalized spacial score (nSPS) is 11.3. The molecule has 0 aromatic heterocycles. The Morgan fingerprint density at radius 2 is 1.42 bits per heavy atom. The highest BCUT2D eigenvalue weighted by Gasteiger charge is 2.30. The highest BCUT2D eigenvalue weighted by atomic mass is 32.2. The molecule has 0 saturated carbocycles. The second-order valence-corrected chi connectivity index (χ2v) is 8.64. The summed E-state index contributed by atoms with van der Waals surface area (Å²) in [5.74, 6) is 0. The summed E-state index contributed by atoms with van der Waals surface area (Å²) in [5, 5.41) is 0. The van der Waals surface area contributed by atoms with Gasteiger partial charge < -0.3 is 0 Å². The quantitative estimate of drug-likeness (QED) is 0.309. The van der Waals surface area contributed by atoms with E-state index >= 15 is 0 Å². The summed E-state index contributed by atoms with van der Waals surface area (Å²) in [6, 6.07) is 10.1. The zero-order chi connectivity index (χ0) is 17.7. The summed E-state index contributed by atoms with van der Waals surface area (Å²) in [5.41, 5.74) is 7.49. The molecule has 0 fully saturated rings. The zero-order valence-electron chi connectivity index (χ0n) is 15.6. The Morgan fingerprint density at radius 1 is 0.917 bits per heavy atom. The van der Waals surface area contributed by atoms with Gasteiger partial charge in [-0.15, -0.1) is 0 Å². The van der Waals surface area contributed by atoms with E-state index in [4.69, 9.17) is 12.2 Å². The van der Waals surface area contributed by atoms with Gasteiger partial charge in [0.1, 0.15) is 0 Å². The van der Waals surface area contributed by atoms with Crippen molar-refractivity contribution >= 4 is 34.0 Å². The number of rotatable bonds is 12. The number of thioether (sulfide) groups is 1. The number of anilines is 1. The van der Waals surface area contributed by atoms with E-state index in [1.807, 2.05) is 42.1 Å². The molecule has 136 valence electrons. The predicted octanol–water partition coefficient (Wildman–Crippen LogP) is 6.93. The SMILES string of the molecule is CCCCC(CCCC)(CCCC)SC(=S)NNc1ccccc1. The van der Waals surface area contributed by atoms with Gasteiger partial charge >= 0.3 is 0 Å². The summed E-state index contributed by atoms with van der Waals surface area (Å²) in [6.07, 6.45) is 11.4. The molecule has 4 heteroatoms. The highest BCUT2D eigenvalue weighted by Crippen LogP contribution is 2.41. The Bertz CT molecular complexity index is 426. The Labute approximate surface area is 158 Å². The van der Waals surface area contributed by atoms with Gasteiger partial charge in [-0.3, -0.25) is 10.9 Å². The number of benzene rings is 1. The van der Waals surface area contributed by atoms with Gasteiger partial charge in [-0.05, 0) is 31.4 Å². The van der Waals surface area contributed by atoms with Gasteiger partial charge in [-0.25, -0.2) is 0 Å². The second-order valence-electron chi connectivity index (χ2n) is 6.50. The number of hydrogen-bond acceptors (Lipinski definition) is 3. The maximum Gasteiger partial charge on any atom is 0.152 e. The van der Waals surface area contributed by atoms with E-state index in [9.17, 15) is 0 Å². The van der Waals surface area contributed by atoms with Crippen LogP contribution in [0.5, 0.6) is 0 Å². The van der Waals surface area contributed by atoms with Crippen molar-refractivity contribution < 1.29 is 0 Å². The molecule has 2 nitrogen and oxygen atoms in total. The number of hydrogen-bond donors (Lipinski definition) is 2. The first kappa shape index (κ1) is 21.3. The average molecular weight is 367 g/mol. The lowest BCUT2D eigenvalue weighted by atomic mass is 9.90. The molecule has 0 aliphatic carbocycles. The predicted molar refractivity (Wildman–Crippen MR) is 115 cm³/mol. The van der Waals surface area contributed by atoms with Crippen molar-refractivity contribution in [1.29, 1.82) is 0 Å². The van der Waals surface area contributed by atoms with E-state index in [0.29, 0.717) is 4.75 Å². The van der Waals surface area contributed by atoms with Gasteiger partial charge in [0.25, 0.3) is 0 Å². The molecule has 0 saturated heterocycles. The molecular formula is C20H34N2S2. The van der Waals surface area contributed by atoms with Crippen molar-refractivity contribution in [3.05, 3.63) is 30.3 Å². The minimum Gasteiger partial charge on any atom is -0.300 e. The monoisotopic (exact) mass is 366 g/mol. The van der Waals surface area contributed by atoms with Crippen LogP contribution in [0.25, 0.3) is 0 Å². The molecule has 2 N–H and O–H groups in total. The molecule has 0 spiro atoms. The lowest BCUT2D eigenvalue weighted by Gasteiger charge is -2.34. The highest BCUT2D eigenvalue weighted by molar-refractivity contribution is 8.23. The molecule has 0 radical (unpaired) electrons. The van der Waals surface area contributed by atoms with E-state index in [1.54, 1.807) is 0 Å². The van der Waals surface area contributed by atoms with Gasteiger partial charge in [0.05, 0.1) is 5.69 Å². The smallest absolute Gasteiger partial charge is 0.152 e. The first-order valence-electron chi connectivity index (χ1n) is 9.46. The van der Waals surface area contributed by atoms with Crippen molar-refractivity contribution in [2.45, 2.75) is 83.3 Å². The molecule has 0 atom stereocenters. The summed E-state index contributed by atoms with van der Waals surface area (Å²) < 4.78 is 1.16. The van der Waals surface area contributed by atoms with Gasteiger partial charge in [-0.2, -0.15) is 0 Å². The van der Waals surface area contributed by atoms with Crippen LogP contribution in [-0.2, 0) is 0 Å².